The van der Waals surface area contributed by atoms with Crippen molar-refractivity contribution in [3.8, 4) is 10.7 Å². The summed E-state index contributed by atoms with van der Waals surface area (Å²) >= 11 is 6.76. The first-order valence-corrected chi connectivity index (χ1v) is 6.44. The molecular formula is C10H12N4OS2. The van der Waals surface area contributed by atoms with Crippen LogP contribution in [0.2, 0.25) is 0 Å². The van der Waals surface area contributed by atoms with Gasteiger partial charge in [-0.05, 0) is 30.1 Å². The second kappa shape index (κ2) is 5.24. The standard InChI is InChI=1S/C10H12N4OS2/c11-8(15)4-1-5-14-9(12-13-10(14)16)7-3-2-6-17-7/h2-3,6H,1,4-5H2,(H2,11,15)(H,13,16). The molecule has 0 spiro atoms. The van der Waals surface area contributed by atoms with Gasteiger partial charge in [0, 0.05) is 13.0 Å². The zero-order chi connectivity index (χ0) is 12.3. The Morgan fingerprint density at radius 2 is 2.47 bits per heavy atom. The number of carbonyl (C=O) groups excluding carboxylic acids is 1. The Hall–Kier alpha value is -1.47. The zero-order valence-corrected chi connectivity index (χ0v) is 10.7. The molecule has 2 rings (SSSR count). The molecule has 0 fully saturated rings. The fraction of sp³-hybridized carbons (Fsp3) is 0.300. The van der Waals surface area contributed by atoms with Crippen LogP contribution < -0.4 is 5.73 Å². The predicted octanol–water partition coefficient (Wildman–Crippen LogP) is 1.93. The topological polar surface area (TPSA) is 76.7 Å². The third-order valence-electron chi connectivity index (χ3n) is 2.30. The van der Waals surface area contributed by atoms with Crippen molar-refractivity contribution in [2.24, 2.45) is 5.73 Å². The van der Waals surface area contributed by atoms with Gasteiger partial charge in [0.05, 0.1) is 4.88 Å². The molecular weight excluding hydrogens is 256 g/mol. The Kier molecular flexibility index (Phi) is 3.70. The molecule has 2 aromatic heterocycles. The molecule has 0 aromatic carbocycles. The van der Waals surface area contributed by atoms with Crippen LogP contribution in [0.15, 0.2) is 17.5 Å². The van der Waals surface area contributed by atoms with E-state index >= 15 is 0 Å². The molecule has 0 aliphatic heterocycles. The number of primary amides is 1. The van der Waals surface area contributed by atoms with E-state index in [-0.39, 0.29) is 5.91 Å². The molecule has 0 saturated carbocycles. The van der Waals surface area contributed by atoms with Gasteiger partial charge in [0.25, 0.3) is 0 Å². The molecule has 0 aliphatic rings. The van der Waals surface area contributed by atoms with Crippen LogP contribution in [0, 0.1) is 4.77 Å². The third kappa shape index (κ3) is 2.80. The molecule has 0 bridgehead atoms. The van der Waals surface area contributed by atoms with Crippen molar-refractivity contribution in [2.75, 3.05) is 0 Å². The summed E-state index contributed by atoms with van der Waals surface area (Å²) in [7, 11) is 0. The second-order valence-corrected chi connectivity index (χ2v) is 4.89. The van der Waals surface area contributed by atoms with Crippen molar-refractivity contribution in [2.45, 2.75) is 19.4 Å². The number of aromatic nitrogens is 3. The number of carbonyl (C=O) groups is 1. The molecule has 0 saturated heterocycles. The fourth-order valence-corrected chi connectivity index (χ4v) is 2.48. The van der Waals surface area contributed by atoms with Crippen molar-refractivity contribution < 1.29 is 4.79 Å². The van der Waals surface area contributed by atoms with E-state index in [0.717, 1.165) is 10.7 Å². The molecule has 3 N–H and O–H groups in total. The van der Waals surface area contributed by atoms with Gasteiger partial charge in [-0.25, -0.2) is 0 Å². The molecule has 0 unspecified atom stereocenters. The summed E-state index contributed by atoms with van der Waals surface area (Å²) in [6.07, 6.45) is 1.03. The van der Waals surface area contributed by atoms with Crippen LogP contribution in [0.4, 0.5) is 0 Å². The van der Waals surface area contributed by atoms with Gasteiger partial charge >= 0.3 is 0 Å². The minimum Gasteiger partial charge on any atom is -0.370 e. The lowest BCUT2D eigenvalue weighted by Crippen LogP contribution is -2.11. The molecule has 90 valence electrons. The van der Waals surface area contributed by atoms with Gasteiger partial charge < -0.3 is 5.73 Å². The number of H-pyrrole nitrogens is 1. The summed E-state index contributed by atoms with van der Waals surface area (Å²) < 4.78 is 2.46. The van der Waals surface area contributed by atoms with Crippen LogP contribution in [-0.4, -0.2) is 20.7 Å². The zero-order valence-electron chi connectivity index (χ0n) is 9.05. The van der Waals surface area contributed by atoms with Crippen LogP contribution in [0.3, 0.4) is 0 Å². The van der Waals surface area contributed by atoms with Crippen LogP contribution in [0.1, 0.15) is 12.8 Å². The van der Waals surface area contributed by atoms with Crippen LogP contribution in [-0.2, 0) is 11.3 Å². The van der Waals surface area contributed by atoms with E-state index in [0.29, 0.717) is 24.2 Å². The smallest absolute Gasteiger partial charge is 0.217 e. The van der Waals surface area contributed by atoms with E-state index in [2.05, 4.69) is 10.2 Å². The average Bonchev–Trinajstić information content (AvgIpc) is 2.88. The third-order valence-corrected chi connectivity index (χ3v) is 3.48. The monoisotopic (exact) mass is 268 g/mol. The Balaban J connectivity index is 2.19. The first-order chi connectivity index (χ1) is 8.18. The molecule has 0 atom stereocenters. The molecule has 2 aromatic rings. The van der Waals surface area contributed by atoms with Crippen LogP contribution >= 0.6 is 23.6 Å². The Morgan fingerprint density at radius 1 is 1.65 bits per heavy atom. The van der Waals surface area contributed by atoms with Gasteiger partial charge in [0.2, 0.25) is 5.91 Å². The number of rotatable bonds is 5. The predicted molar refractivity (Wildman–Crippen MR) is 69.2 cm³/mol. The number of nitrogens with two attached hydrogens (primary N) is 1. The highest BCUT2D eigenvalue weighted by molar-refractivity contribution is 7.71. The van der Waals surface area contributed by atoms with Gasteiger partial charge in [-0.2, -0.15) is 5.10 Å². The molecule has 0 radical (unpaired) electrons. The molecule has 5 nitrogen and oxygen atoms in total. The summed E-state index contributed by atoms with van der Waals surface area (Å²) in [6, 6.07) is 3.95. The van der Waals surface area contributed by atoms with Crippen molar-refractivity contribution in [1.29, 1.82) is 0 Å². The van der Waals surface area contributed by atoms with Gasteiger partial charge in [-0.3, -0.25) is 14.5 Å². The first-order valence-electron chi connectivity index (χ1n) is 5.16. The van der Waals surface area contributed by atoms with E-state index in [9.17, 15) is 4.79 Å². The van der Waals surface area contributed by atoms with Gasteiger partial charge in [-0.15, -0.1) is 11.3 Å². The molecule has 1 amide bonds. The van der Waals surface area contributed by atoms with Crippen LogP contribution in [0.5, 0.6) is 0 Å². The molecule has 2 heterocycles. The maximum atomic E-state index is 10.7. The van der Waals surface area contributed by atoms with E-state index in [4.69, 9.17) is 18.0 Å². The molecule has 17 heavy (non-hydrogen) atoms. The van der Waals surface area contributed by atoms with Crippen molar-refractivity contribution in [1.82, 2.24) is 14.8 Å². The quantitative estimate of drug-likeness (QED) is 0.813. The minimum absolute atomic E-state index is 0.294. The number of nitrogens with one attached hydrogen (secondary N) is 1. The number of hydrogen-bond donors (Lipinski definition) is 2. The first kappa shape index (κ1) is 12.0. The Labute approximate surface area is 107 Å². The maximum absolute atomic E-state index is 10.7. The number of thiophene rings is 1. The minimum atomic E-state index is -0.294. The maximum Gasteiger partial charge on any atom is 0.217 e. The van der Waals surface area contributed by atoms with E-state index in [1.807, 2.05) is 22.1 Å². The van der Waals surface area contributed by atoms with Gasteiger partial charge in [0.1, 0.15) is 0 Å². The normalized spacial score (nSPS) is 10.6. The molecule has 7 heteroatoms. The van der Waals surface area contributed by atoms with Crippen molar-refractivity contribution >= 4 is 29.5 Å². The fourth-order valence-electron chi connectivity index (χ4n) is 1.53. The summed E-state index contributed by atoms with van der Waals surface area (Å²) in [5.41, 5.74) is 5.11. The molecule has 0 aliphatic carbocycles. The summed E-state index contributed by atoms with van der Waals surface area (Å²) in [5.74, 6) is 0.521. The number of amides is 1. The highest BCUT2D eigenvalue weighted by Gasteiger charge is 2.09. The lowest BCUT2D eigenvalue weighted by atomic mass is 10.3. The second-order valence-electron chi connectivity index (χ2n) is 3.55. The Bertz CT molecular complexity index is 555. The van der Waals surface area contributed by atoms with E-state index in [1.165, 1.54) is 0 Å². The van der Waals surface area contributed by atoms with Crippen LogP contribution in [0.25, 0.3) is 10.7 Å². The van der Waals surface area contributed by atoms with Gasteiger partial charge in [-0.1, -0.05) is 6.07 Å². The average molecular weight is 268 g/mol. The van der Waals surface area contributed by atoms with E-state index in [1.54, 1.807) is 11.3 Å². The van der Waals surface area contributed by atoms with Crippen molar-refractivity contribution in [3.63, 3.8) is 0 Å². The highest BCUT2D eigenvalue weighted by atomic mass is 32.1. The number of aromatic amines is 1. The number of hydrogen-bond acceptors (Lipinski definition) is 4. The Morgan fingerprint density at radius 3 is 3.12 bits per heavy atom. The lowest BCUT2D eigenvalue weighted by molar-refractivity contribution is -0.118. The largest absolute Gasteiger partial charge is 0.370 e. The summed E-state index contributed by atoms with van der Waals surface area (Å²) in [6.45, 7) is 0.644. The SMILES string of the molecule is NC(=O)CCCn1c(-c2cccs2)n[nH]c1=S. The van der Waals surface area contributed by atoms with Crippen molar-refractivity contribution in [3.05, 3.63) is 22.3 Å². The lowest BCUT2D eigenvalue weighted by Gasteiger charge is -2.03. The van der Waals surface area contributed by atoms with E-state index < -0.39 is 0 Å². The highest BCUT2D eigenvalue weighted by Crippen LogP contribution is 2.22. The summed E-state index contributed by atoms with van der Waals surface area (Å²) in [4.78, 5) is 11.7. The number of nitrogens with zero attached hydrogens (tertiary/aromatic N) is 2. The van der Waals surface area contributed by atoms with Gasteiger partial charge in [0.15, 0.2) is 10.6 Å². The summed E-state index contributed by atoms with van der Waals surface area (Å²) in [5, 5.41) is 8.95.